The molecule has 1 aromatic heterocycles. The smallest absolute Gasteiger partial charge is 0.208 e. The summed E-state index contributed by atoms with van der Waals surface area (Å²) in [6, 6.07) is 16.8. The van der Waals surface area contributed by atoms with Crippen LogP contribution >= 0.6 is 0 Å². The number of piperidine rings is 1. The normalized spacial score (nSPS) is 18.5. The molecule has 0 radical (unpaired) electrons. The molecule has 1 N–H and O–H groups in total. The summed E-state index contributed by atoms with van der Waals surface area (Å²) < 4.78 is 28.3. The van der Waals surface area contributed by atoms with Gasteiger partial charge in [0, 0.05) is 29.7 Å². The molecule has 25 heavy (non-hydrogen) atoms. The number of aromatic nitrogens is 1. The predicted molar refractivity (Wildman–Crippen MR) is 99.5 cm³/mol. The highest BCUT2D eigenvalue weighted by Gasteiger charge is 2.24. The van der Waals surface area contributed by atoms with E-state index in [-0.39, 0.29) is 0 Å². The third-order valence-corrected chi connectivity index (χ3v) is 6.72. The van der Waals surface area contributed by atoms with Crippen LogP contribution in [0.3, 0.4) is 0 Å². The second-order valence-electron chi connectivity index (χ2n) is 6.63. The second-order valence-corrected chi connectivity index (χ2v) is 8.54. The number of nitrogens with zero attached hydrogens (tertiary/aromatic N) is 1. The van der Waals surface area contributed by atoms with Crippen LogP contribution in [0.1, 0.15) is 19.3 Å². The number of fused-ring (bicyclic) bond motifs is 1. The molecule has 0 saturated carbocycles. The fourth-order valence-corrected chi connectivity index (χ4v) is 5.12. The SMILES string of the molecule is O=S(=O)(c1ccccc1)c1cn(CC2CCCCN2)c2ccccc12. The molecule has 2 aromatic carbocycles. The van der Waals surface area contributed by atoms with Crippen molar-refractivity contribution in [1.82, 2.24) is 9.88 Å². The molecule has 1 atom stereocenters. The van der Waals surface area contributed by atoms with E-state index >= 15 is 0 Å². The van der Waals surface area contributed by atoms with Crippen molar-refractivity contribution in [2.24, 2.45) is 0 Å². The molecule has 0 spiro atoms. The molecule has 1 unspecified atom stereocenters. The Morgan fingerprint density at radius 3 is 2.52 bits per heavy atom. The van der Waals surface area contributed by atoms with Gasteiger partial charge in [-0.3, -0.25) is 0 Å². The average molecular weight is 354 g/mol. The van der Waals surface area contributed by atoms with Crippen LogP contribution in [0.15, 0.2) is 70.6 Å². The van der Waals surface area contributed by atoms with Crippen molar-refractivity contribution in [3.05, 3.63) is 60.8 Å². The van der Waals surface area contributed by atoms with Crippen LogP contribution in [0.2, 0.25) is 0 Å². The minimum atomic E-state index is -3.53. The fourth-order valence-electron chi connectivity index (χ4n) is 3.62. The van der Waals surface area contributed by atoms with E-state index in [1.54, 1.807) is 24.3 Å². The quantitative estimate of drug-likeness (QED) is 0.779. The molecule has 3 aromatic rings. The molecule has 1 fully saturated rings. The van der Waals surface area contributed by atoms with Gasteiger partial charge in [-0.2, -0.15) is 0 Å². The van der Waals surface area contributed by atoms with E-state index in [1.807, 2.05) is 36.5 Å². The Morgan fingerprint density at radius 2 is 1.76 bits per heavy atom. The van der Waals surface area contributed by atoms with Crippen LogP contribution in [-0.4, -0.2) is 25.6 Å². The Balaban J connectivity index is 1.80. The van der Waals surface area contributed by atoms with Crippen molar-refractivity contribution in [3.63, 3.8) is 0 Å². The lowest BCUT2D eigenvalue weighted by Crippen LogP contribution is -2.37. The summed E-state index contributed by atoms with van der Waals surface area (Å²) in [5.74, 6) is 0. The summed E-state index contributed by atoms with van der Waals surface area (Å²) >= 11 is 0. The molecule has 4 nitrogen and oxygen atoms in total. The number of hydrogen-bond donors (Lipinski definition) is 1. The number of nitrogens with one attached hydrogen (secondary N) is 1. The molecule has 2 heterocycles. The Bertz CT molecular complexity index is 971. The van der Waals surface area contributed by atoms with Gasteiger partial charge in [-0.1, -0.05) is 42.8 Å². The minimum Gasteiger partial charge on any atom is -0.345 e. The first-order valence-corrected chi connectivity index (χ1v) is 10.3. The Kier molecular flexibility index (Phi) is 4.36. The molecule has 1 aliphatic rings. The van der Waals surface area contributed by atoms with E-state index in [0.29, 0.717) is 15.8 Å². The summed E-state index contributed by atoms with van der Waals surface area (Å²) in [5, 5.41) is 4.34. The third kappa shape index (κ3) is 3.10. The molecule has 0 amide bonds. The van der Waals surface area contributed by atoms with Crippen molar-refractivity contribution >= 4 is 20.7 Å². The number of para-hydroxylation sites is 1. The highest BCUT2D eigenvalue weighted by atomic mass is 32.2. The van der Waals surface area contributed by atoms with Gasteiger partial charge in [0.2, 0.25) is 9.84 Å². The highest BCUT2D eigenvalue weighted by molar-refractivity contribution is 7.91. The Hall–Kier alpha value is -2.11. The zero-order chi connectivity index (χ0) is 17.3. The predicted octanol–water partition coefficient (Wildman–Crippen LogP) is 3.62. The molecule has 130 valence electrons. The maximum atomic E-state index is 13.1. The Morgan fingerprint density at radius 1 is 1.00 bits per heavy atom. The topological polar surface area (TPSA) is 51.1 Å². The second kappa shape index (κ2) is 6.65. The van der Waals surface area contributed by atoms with E-state index in [4.69, 9.17) is 0 Å². The summed E-state index contributed by atoms with van der Waals surface area (Å²) in [6.45, 7) is 1.84. The van der Waals surface area contributed by atoms with E-state index in [9.17, 15) is 8.42 Å². The number of hydrogen-bond acceptors (Lipinski definition) is 3. The molecule has 1 saturated heterocycles. The van der Waals surface area contributed by atoms with Gasteiger partial charge >= 0.3 is 0 Å². The lowest BCUT2D eigenvalue weighted by molar-refractivity contribution is 0.366. The first kappa shape index (κ1) is 16.4. The van der Waals surface area contributed by atoms with E-state index in [1.165, 1.54) is 12.8 Å². The first-order valence-electron chi connectivity index (χ1n) is 8.78. The lowest BCUT2D eigenvalue weighted by atomic mass is 10.1. The van der Waals surface area contributed by atoms with Gasteiger partial charge in [0.25, 0.3) is 0 Å². The monoisotopic (exact) mass is 354 g/mol. The van der Waals surface area contributed by atoms with Gasteiger partial charge in [-0.15, -0.1) is 0 Å². The van der Waals surface area contributed by atoms with Gasteiger partial charge < -0.3 is 9.88 Å². The van der Waals surface area contributed by atoms with Gasteiger partial charge in [-0.25, -0.2) is 8.42 Å². The van der Waals surface area contributed by atoms with Crippen molar-refractivity contribution in [1.29, 1.82) is 0 Å². The van der Waals surface area contributed by atoms with Crippen molar-refractivity contribution in [3.8, 4) is 0 Å². The van der Waals surface area contributed by atoms with Crippen LogP contribution in [0, 0.1) is 0 Å². The lowest BCUT2D eigenvalue weighted by Gasteiger charge is -2.24. The summed E-state index contributed by atoms with van der Waals surface area (Å²) in [5.41, 5.74) is 0.976. The third-order valence-electron chi connectivity index (χ3n) is 4.92. The van der Waals surface area contributed by atoms with Crippen LogP contribution in [0.25, 0.3) is 10.9 Å². The van der Waals surface area contributed by atoms with Crippen LogP contribution in [-0.2, 0) is 16.4 Å². The standard InChI is InChI=1S/C20H22N2O2S/c23-25(24,17-9-2-1-3-10-17)20-15-22(14-16-8-6-7-13-21-16)19-12-5-4-11-18(19)20/h1-5,9-12,15-16,21H,6-8,13-14H2. The zero-order valence-corrected chi connectivity index (χ0v) is 14.9. The van der Waals surface area contributed by atoms with Crippen LogP contribution in [0.4, 0.5) is 0 Å². The molecule has 1 aliphatic heterocycles. The zero-order valence-electron chi connectivity index (χ0n) is 14.1. The van der Waals surface area contributed by atoms with Gasteiger partial charge in [0.15, 0.2) is 0 Å². The van der Waals surface area contributed by atoms with Crippen molar-refractivity contribution < 1.29 is 8.42 Å². The van der Waals surface area contributed by atoms with E-state index < -0.39 is 9.84 Å². The minimum absolute atomic E-state index is 0.341. The largest absolute Gasteiger partial charge is 0.345 e. The average Bonchev–Trinajstić information content (AvgIpc) is 3.03. The molecule has 4 rings (SSSR count). The molecule has 0 bridgehead atoms. The Labute approximate surface area is 148 Å². The highest BCUT2D eigenvalue weighted by Crippen LogP contribution is 2.30. The van der Waals surface area contributed by atoms with Gasteiger partial charge in [0.05, 0.1) is 9.79 Å². The first-order chi connectivity index (χ1) is 12.2. The fraction of sp³-hybridized carbons (Fsp3) is 0.300. The molecule has 0 aliphatic carbocycles. The van der Waals surface area contributed by atoms with Crippen LogP contribution < -0.4 is 5.32 Å². The van der Waals surface area contributed by atoms with Gasteiger partial charge in [-0.05, 0) is 37.6 Å². The molecular weight excluding hydrogens is 332 g/mol. The maximum Gasteiger partial charge on any atom is 0.208 e. The van der Waals surface area contributed by atoms with Crippen LogP contribution in [0.5, 0.6) is 0 Å². The number of sulfone groups is 1. The summed E-state index contributed by atoms with van der Waals surface area (Å²) in [4.78, 5) is 0.735. The summed E-state index contributed by atoms with van der Waals surface area (Å²) in [6.07, 6.45) is 5.39. The maximum absolute atomic E-state index is 13.1. The molecular formula is C20H22N2O2S. The van der Waals surface area contributed by atoms with Crippen molar-refractivity contribution in [2.45, 2.75) is 41.6 Å². The van der Waals surface area contributed by atoms with E-state index in [2.05, 4.69) is 9.88 Å². The molecule has 5 heteroatoms. The van der Waals surface area contributed by atoms with Crippen molar-refractivity contribution in [2.75, 3.05) is 6.54 Å². The van der Waals surface area contributed by atoms with E-state index in [0.717, 1.165) is 30.4 Å². The summed E-state index contributed by atoms with van der Waals surface area (Å²) in [7, 11) is -3.53. The number of rotatable bonds is 4. The van der Waals surface area contributed by atoms with Gasteiger partial charge in [0.1, 0.15) is 0 Å². The number of benzene rings is 2.